The quantitative estimate of drug-likeness (QED) is 0.672. The van der Waals surface area contributed by atoms with Crippen LogP contribution in [-0.4, -0.2) is 37.2 Å². The number of aliphatic hydroxyl groups excluding tert-OH is 1. The molecule has 21 heavy (non-hydrogen) atoms. The number of thiophene rings is 1. The first kappa shape index (κ1) is 18.1. The van der Waals surface area contributed by atoms with E-state index in [1.165, 1.54) is 0 Å². The maximum absolute atomic E-state index is 12.2. The summed E-state index contributed by atoms with van der Waals surface area (Å²) in [5, 5.41) is 18.9. The van der Waals surface area contributed by atoms with E-state index < -0.39 is 22.1 Å². The molecule has 120 valence electrons. The Morgan fingerprint density at radius 2 is 1.95 bits per heavy atom. The van der Waals surface area contributed by atoms with Crippen LogP contribution in [0.1, 0.15) is 41.2 Å². The Kier molecular flexibility index (Phi) is 6.33. The van der Waals surface area contributed by atoms with Crippen LogP contribution in [-0.2, 0) is 10.0 Å². The van der Waals surface area contributed by atoms with Crippen molar-refractivity contribution in [2.24, 2.45) is 5.92 Å². The molecule has 1 heterocycles. The molecule has 0 aliphatic rings. The number of hydrogen-bond acceptors (Lipinski definition) is 5. The number of sulfonamides is 1. The number of aliphatic hydroxyl groups is 1. The zero-order valence-corrected chi connectivity index (χ0v) is 13.9. The average Bonchev–Trinajstić information content (AvgIpc) is 2.81. The van der Waals surface area contributed by atoms with Gasteiger partial charge in [0, 0.05) is 11.4 Å². The molecular weight excluding hydrogens is 314 g/mol. The van der Waals surface area contributed by atoms with Crippen LogP contribution in [0.3, 0.4) is 0 Å². The molecule has 1 rings (SSSR count). The Hall–Kier alpha value is -0.960. The molecule has 1 atom stereocenters. The topological polar surface area (TPSA) is 104 Å². The van der Waals surface area contributed by atoms with Crippen LogP contribution in [0, 0.1) is 12.8 Å². The second kappa shape index (κ2) is 7.35. The van der Waals surface area contributed by atoms with Crippen molar-refractivity contribution in [2.75, 3.05) is 6.54 Å². The molecule has 3 N–H and O–H groups in total. The lowest BCUT2D eigenvalue weighted by molar-refractivity contribution is 0.0702. The summed E-state index contributed by atoms with van der Waals surface area (Å²) in [6.45, 7) is 5.36. The monoisotopic (exact) mass is 335 g/mol. The summed E-state index contributed by atoms with van der Waals surface area (Å²) in [7, 11) is -3.81. The molecule has 0 aliphatic carbocycles. The van der Waals surface area contributed by atoms with Crippen LogP contribution < -0.4 is 4.72 Å². The van der Waals surface area contributed by atoms with E-state index >= 15 is 0 Å². The molecule has 0 saturated carbocycles. The first-order valence-corrected chi connectivity index (χ1v) is 9.04. The number of carboxylic acids is 1. The van der Waals surface area contributed by atoms with E-state index in [0.29, 0.717) is 4.88 Å². The summed E-state index contributed by atoms with van der Waals surface area (Å²) in [6, 6.07) is 1.15. The van der Waals surface area contributed by atoms with Gasteiger partial charge in [0.2, 0.25) is 10.0 Å². The fourth-order valence-corrected chi connectivity index (χ4v) is 4.59. The van der Waals surface area contributed by atoms with Gasteiger partial charge >= 0.3 is 5.97 Å². The molecule has 0 saturated heterocycles. The van der Waals surface area contributed by atoms with Crippen LogP contribution in [0.15, 0.2) is 11.0 Å². The highest BCUT2D eigenvalue weighted by Crippen LogP contribution is 2.25. The third-order valence-electron chi connectivity index (χ3n) is 3.45. The fourth-order valence-electron chi connectivity index (χ4n) is 2.11. The molecule has 6 nitrogen and oxygen atoms in total. The number of hydrogen-bond donors (Lipinski definition) is 3. The van der Waals surface area contributed by atoms with E-state index in [1.807, 2.05) is 13.8 Å². The third-order valence-corrected chi connectivity index (χ3v) is 6.17. The van der Waals surface area contributed by atoms with Crippen molar-refractivity contribution in [3.05, 3.63) is 15.8 Å². The van der Waals surface area contributed by atoms with Gasteiger partial charge in [-0.15, -0.1) is 11.3 Å². The van der Waals surface area contributed by atoms with Gasteiger partial charge < -0.3 is 10.2 Å². The van der Waals surface area contributed by atoms with Gasteiger partial charge in [0.05, 0.1) is 11.0 Å². The molecule has 0 aromatic carbocycles. The number of carbonyl (C=O) groups is 1. The van der Waals surface area contributed by atoms with E-state index in [9.17, 15) is 18.3 Å². The average molecular weight is 335 g/mol. The molecule has 1 aromatic heterocycles. The minimum absolute atomic E-state index is 0.0200. The molecular formula is C13H21NO5S2. The van der Waals surface area contributed by atoms with Crippen LogP contribution in [0.25, 0.3) is 0 Å². The van der Waals surface area contributed by atoms with Gasteiger partial charge in [-0.05, 0) is 18.9 Å². The summed E-state index contributed by atoms with van der Waals surface area (Å²) in [5.74, 6) is -1.12. The molecule has 8 heteroatoms. The molecule has 0 amide bonds. The SMILES string of the molecule is CCC(CC)C(O)CNS(=O)(=O)c1cc(C(=O)O)sc1C. The number of rotatable bonds is 8. The normalized spacial score (nSPS) is 13.6. The van der Waals surface area contributed by atoms with E-state index in [-0.39, 0.29) is 22.2 Å². The third kappa shape index (κ3) is 4.50. The van der Waals surface area contributed by atoms with E-state index in [4.69, 9.17) is 5.11 Å². The Labute approximate surface area is 128 Å². The van der Waals surface area contributed by atoms with Crippen molar-refractivity contribution in [3.8, 4) is 0 Å². The van der Waals surface area contributed by atoms with Crippen LogP contribution in [0.4, 0.5) is 0 Å². The number of nitrogens with one attached hydrogen (secondary N) is 1. The highest BCUT2D eigenvalue weighted by atomic mass is 32.2. The second-order valence-corrected chi connectivity index (χ2v) is 7.82. The lowest BCUT2D eigenvalue weighted by atomic mass is 9.97. The largest absolute Gasteiger partial charge is 0.477 e. The Morgan fingerprint density at radius 3 is 2.38 bits per heavy atom. The summed E-state index contributed by atoms with van der Waals surface area (Å²) in [6.07, 6.45) is 0.771. The number of aromatic carboxylic acids is 1. The van der Waals surface area contributed by atoms with Crippen molar-refractivity contribution in [1.29, 1.82) is 0 Å². The lowest BCUT2D eigenvalue weighted by Crippen LogP contribution is -2.36. The molecule has 0 aliphatic heterocycles. The van der Waals surface area contributed by atoms with Gasteiger partial charge in [0.15, 0.2) is 0 Å². The summed E-state index contributed by atoms with van der Waals surface area (Å²) in [5.41, 5.74) is 0. The van der Waals surface area contributed by atoms with E-state index in [2.05, 4.69) is 4.72 Å². The van der Waals surface area contributed by atoms with Gasteiger partial charge in [0.1, 0.15) is 4.88 Å². The standard InChI is InChI=1S/C13H21NO5S2/c1-4-9(5-2)10(15)7-14-21(18,19)12-6-11(13(16)17)20-8(12)3/h6,9-10,14-15H,4-5,7H2,1-3H3,(H,16,17). The molecule has 0 radical (unpaired) electrons. The number of aryl methyl sites for hydroxylation is 1. The number of carboxylic acid groups (broad SMARTS) is 1. The van der Waals surface area contributed by atoms with Gasteiger partial charge in [-0.1, -0.05) is 26.7 Å². The van der Waals surface area contributed by atoms with Crippen LogP contribution in [0.5, 0.6) is 0 Å². The van der Waals surface area contributed by atoms with Crippen molar-refractivity contribution in [1.82, 2.24) is 4.72 Å². The smallest absolute Gasteiger partial charge is 0.345 e. The highest BCUT2D eigenvalue weighted by molar-refractivity contribution is 7.89. The Bertz CT molecular complexity index is 590. The van der Waals surface area contributed by atoms with Crippen LogP contribution >= 0.6 is 11.3 Å². The summed E-state index contributed by atoms with van der Waals surface area (Å²) >= 11 is 0.918. The Morgan fingerprint density at radius 1 is 1.38 bits per heavy atom. The molecule has 1 aromatic rings. The zero-order valence-electron chi connectivity index (χ0n) is 12.3. The van der Waals surface area contributed by atoms with Gasteiger partial charge in [-0.3, -0.25) is 0 Å². The van der Waals surface area contributed by atoms with Crippen molar-refractivity contribution in [2.45, 2.75) is 44.6 Å². The minimum Gasteiger partial charge on any atom is -0.477 e. The maximum Gasteiger partial charge on any atom is 0.345 e. The fraction of sp³-hybridized carbons (Fsp3) is 0.615. The summed E-state index contributed by atoms with van der Waals surface area (Å²) in [4.78, 5) is 11.2. The van der Waals surface area contributed by atoms with Gasteiger partial charge in [0.25, 0.3) is 0 Å². The van der Waals surface area contributed by atoms with Crippen molar-refractivity contribution >= 4 is 27.3 Å². The predicted molar refractivity (Wildman–Crippen MR) is 81.3 cm³/mol. The molecule has 1 unspecified atom stereocenters. The van der Waals surface area contributed by atoms with E-state index in [0.717, 1.165) is 30.2 Å². The minimum atomic E-state index is -3.81. The summed E-state index contributed by atoms with van der Waals surface area (Å²) < 4.78 is 26.7. The van der Waals surface area contributed by atoms with Crippen molar-refractivity contribution < 1.29 is 23.4 Å². The maximum atomic E-state index is 12.2. The predicted octanol–water partition coefficient (Wildman–Crippen LogP) is 1.83. The Balaban J connectivity index is 2.85. The second-order valence-electron chi connectivity index (χ2n) is 4.83. The zero-order chi connectivity index (χ0) is 16.2. The van der Waals surface area contributed by atoms with E-state index in [1.54, 1.807) is 6.92 Å². The molecule has 0 spiro atoms. The van der Waals surface area contributed by atoms with Crippen LogP contribution in [0.2, 0.25) is 0 Å². The molecule has 0 fully saturated rings. The molecule has 0 bridgehead atoms. The van der Waals surface area contributed by atoms with Gasteiger partial charge in [-0.25, -0.2) is 17.9 Å². The lowest BCUT2D eigenvalue weighted by Gasteiger charge is -2.20. The highest BCUT2D eigenvalue weighted by Gasteiger charge is 2.24. The first-order chi connectivity index (χ1) is 9.72. The van der Waals surface area contributed by atoms with Gasteiger partial charge in [-0.2, -0.15) is 0 Å². The first-order valence-electron chi connectivity index (χ1n) is 6.74. The van der Waals surface area contributed by atoms with Crippen molar-refractivity contribution in [3.63, 3.8) is 0 Å².